The van der Waals surface area contributed by atoms with Gasteiger partial charge in [0, 0.05) is 12.5 Å². The fraction of sp³-hybridized carbons (Fsp3) is 0.375. The van der Waals surface area contributed by atoms with Gasteiger partial charge >= 0.3 is 0 Å². The maximum atomic E-state index is 3.55. The molecule has 1 nitrogen and oxygen atoms in total. The van der Waals surface area contributed by atoms with E-state index < -0.39 is 0 Å². The van der Waals surface area contributed by atoms with Crippen molar-refractivity contribution in [3.63, 3.8) is 0 Å². The number of thiophene rings is 1. The summed E-state index contributed by atoms with van der Waals surface area (Å²) in [7, 11) is 0. The summed E-state index contributed by atoms with van der Waals surface area (Å²) in [6.45, 7) is 4.42. The number of nitrogens with one attached hydrogen (secondary N) is 1. The average molecular weight is 257 g/mol. The molecule has 1 fully saturated rings. The number of benzene rings is 1. The van der Waals surface area contributed by atoms with Crippen LogP contribution in [0.1, 0.15) is 34.9 Å². The predicted octanol–water partition coefficient (Wildman–Crippen LogP) is 3.92. The Labute approximate surface area is 113 Å². The Morgan fingerprint density at radius 3 is 2.89 bits per heavy atom. The second-order valence-electron chi connectivity index (χ2n) is 5.18. The Hall–Kier alpha value is -1.12. The van der Waals surface area contributed by atoms with Crippen LogP contribution in [0, 0.1) is 6.92 Å². The summed E-state index contributed by atoms with van der Waals surface area (Å²) in [5, 5.41) is 8.07. The first-order valence-corrected chi connectivity index (χ1v) is 7.58. The van der Waals surface area contributed by atoms with Crippen LogP contribution in [-0.4, -0.2) is 13.1 Å². The molecule has 0 amide bonds. The molecule has 2 unspecified atom stereocenters. The molecule has 18 heavy (non-hydrogen) atoms. The highest BCUT2D eigenvalue weighted by atomic mass is 32.1. The molecule has 2 atom stereocenters. The van der Waals surface area contributed by atoms with Gasteiger partial charge in [0.05, 0.1) is 0 Å². The van der Waals surface area contributed by atoms with Crippen molar-refractivity contribution in [2.45, 2.75) is 25.2 Å². The molecule has 1 aliphatic heterocycles. The van der Waals surface area contributed by atoms with E-state index >= 15 is 0 Å². The van der Waals surface area contributed by atoms with Crippen molar-refractivity contribution >= 4 is 11.3 Å². The van der Waals surface area contributed by atoms with Gasteiger partial charge < -0.3 is 5.32 Å². The number of hydrogen-bond acceptors (Lipinski definition) is 2. The monoisotopic (exact) mass is 257 g/mol. The summed E-state index contributed by atoms with van der Waals surface area (Å²) in [4.78, 5) is 0. The highest BCUT2D eigenvalue weighted by molar-refractivity contribution is 7.07. The molecule has 94 valence electrons. The van der Waals surface area contributed by atoms with E-state index in [1.54, 1.807) is 0 Å². The van der Waals surface area contributed by atoms with Gasteiger partial charge in [-0.25, -0.2) is 0 Å². The molecule has 0 bridgehead atoms. The minimum Gasteiger partial charge on any atom is -0.316 e. The van der Waals surface area contributed by atoms with E-state index in [1.807, 2.05) is 11.3 Å². The molecule has 3 rings (SSSR count). The number of aryl methyl sites for hydroxylation is 1. The largest absolute Gasteiger partial charge is 0.316 e. The Kier molecular flexibility index (Phi) is 3.48. The Balaban J connectivity index is 1.93. The Morgan fingerprint density at radius 1 is 1.17 bits per heavy atom. The van der Waals surface area contributed by atoms with Gasteiger partial charge in [-0.05, 0) is 53.8 Å². The molecular weight excluding hydrogens is 238 g/mol. The van der Waals surface area contributed by atoms with E-state index in [0.29, 0.717) is 11.8 Å². The van der Waals surface area contributed by atoms with Gasteiger partial charge in [-0.15, -0.1) is 0 Å². The lowest BCUT2D eigenvalue weighted by molar-refractivity contribution is 0.405. The van der Waals surface area contributed by atoms with Crippen molar-refractivity contribution in [2.75, 3.05) is 13.1 Å². The fourth-order valence-corrected chi connectivity index (χ4v) is 3.72. The summed E-state index contributed by atoms with van der Waals surface area (Å²) in [6.07, 6.45) is 1.25. The van der Waals surface area contributed by atoms with Crippen LogP contribution in [0.25, 0.3) is 0 Å². The molecule has 2 heteroatoms. The van der Waals surface area contributed by atoms with Crippen molar-refractivity contribution in [1.29, 1.82) is 0 Å². The normalized spacial score (nSPS) is 24.1. The first-order valence-electron chi connectivity index (χ1n) is 6.64. The van der Waals surface area contributed by atoms with E-state index in [2.05, 4.69) is 53.3 Å². The Morgan fingerprint density at radius 2 is 2.11 bits per heavy atom. The zero-order valence-electron chi connectivity index (χ0n) is 10.7. The van der Waals surface area contributed by atoms with Crippen LogP contribution in [0.15, 0.2) is 41.1 Å². The van der Waals surface area contributed by atoms with Crippen molar-refractivity contribution < 1.29 is 0 Å². The molecule has 0 aliphatic carbocycles. The van der Waals surface area contributed by atoms with Gasteiger partial charge in [0.15, 0.2) is 0 Å². The summed E-state index contributed by atoms with van der Waals surface area (Å²) in [5.74, 6) is 1.30. The van der Waals surface area contributed by atoms with Gasteiger partial charge in [0.25, 0.3) is 0 Å². The third-order valence-corrected chi connectivity index (χ3v) is 4.63. The zero-order valence-corrected chi connectivity index (χ0v) is 11.5. The van der Waals surface area contributed by atoms with E-state index in [1.165, 1.54) is 23.1 Å². The molecule has 1 saturated heterocycles. The lowest BCUT2D eigenvalue weighted by atomic mass is 9.78. The molecule has 0 radical (unpaired) electrons. The minimum atomic E-state index is 0.619. The van der Waals surface area contributed by atoms with E-state index in [4.69, 9.17) is 0 Å². The molecule has 1 aliphatic rings. The highest BCUT2D eigenvalue weighted by Gasteiger charge is 2.27. The lowest BCUT2D eigenvalue weighted by Gasteiger charge is -2.32. The summed E-state index contributed by atoms with van der Waals surface area (Å²) in [6, 6.07) is 11.3. The molecule has 1 N–H and O–H groups in total. The molecule has 2 aromatic rings. The summed E-state index contributed by atoms with van der Waals surface area (Å²) >= 11 is 1.81. The second kappa shape index (κ2) is 5.25. The minimum absolute atomic E-state index is 0.619. The van der Waals surface area contributed by atoms with Crippen LogP contribution in [0.2, 0.25) is 0 Å². The molecule has 2 heterocycles. The summed E-state index contributed by atoms with van der Waals surface area (Å²) < 4.78 is 0. The van der Waals surface area contributed by atoms with Crippen molar-refractivity contribution in [3.05, 3.63) is 57.8 Å². The maximum Gasteiger partial charge on any atom is 0.00330 e. The molecule has 0 saturated carbocycles. The Bertz CT molecular complexity index is 504. The third-order valence-electron chi connectivity index (χ3n) is 3.92. The van der Waals surface area contributed by atoms with Crippen LogP contribution in [0.5, 0.6) is 0 Å². The third kappa shape index (κ3) is 2.36. The number of piperidine rings is 1. The second-order valence-corrected chi connectivity index (χ2v) is 5.96. The smallest absolute Gasteiger partial charge is 0.00330 e. The quantitative estimate of drug-likeness (QED) is 0.860. The number of rotatable bonds is 2. The lowest BCUT2D eigenvalue weighted by Crippen LogP contribution is -2.33. The van der Waals surface area contributed by atoms with Gasteiger partial charge in [-0.3, -0.25) is 0 Å². The number of hydrogen-bond donors (Lipinski definition) is 1. The first kappa shape index (κ1) is 11.9. The predicted molar refractivity (Wildman–Crippen MR) is 78.5 cm³/mol. The highest BCUT2D eigenvalue weighted by Crippen LogP contribution is 2.38. The fourth-order valence-electron chi connectivity index (χ4n) is 2.99. The van der Waals surface area contributed by atoms with E-state index in [9.17, 15) is 0 Å². The van der Waals surface area contributed by atoms with Crippen LogP contribution < -0.4 is 5.32 Å². The van der Waals surface area contributed by atoms with Crippen molar-refractivity contribution in [2.24, 2.45) is 0 Å². The van der Waals surface area contributed by atoms with Gasteiger partial charge in [-0.2, -0.15) is 11.3 Å². The molecular formula is C16H19NS. The van der Waals surface area contributed by atoms with Crippen molar-refractivity contribution in [1.82, 2.24) is 5.32 Å². The standard InChI is InChI=1S/C16H19NS/c1-12-3-2-4-13(9-12)16-10-17-7-5-15(16)14-6-8-18-11-14/h2-4,6,8-9,11,15-17H,5,7,10H2,1H3. The average Bonchev–Trinajstić information content (AvgIpc) is 2.92. The van der Waals surface area contributed by atoms with E-state index in [0.717, 1.165) is 13.1 Å². The van der Waals surface area contributed by atoms with Crippen molar-refractivity contribution in [3.8, 4) is 0 Å². The van der Waals surface area contributed by atoms with E-state index in [-0.39, 0.29) is 0 Å². The molecule has 1 aromatic heterocycles. The SMILES string of the molecule is Cc1cccc(C2CNCCC2c2ccsc2)c1. The van der Waals surface area contributed by atoms with Crippen LogP contribution in [0.3, 0.4) is 0 Å². The zero-order chi connectivity index (χ0) is 12.4. The van der Waals surface area contributed by atoms with Gasteiger partial charge in [-0.1, -0.05) is 29.8 Å². The summed E-state index contributed by atoms with van der Waals surface area (Å²) in [5.41, 5.74) is 4.37. The van der Waals surface area contributed by atoms with Gasteiger partial charge in [0.2, 0.25) is 0 Å². The molecule has 0 spiro atoms. The van der Waals surface area contributed by atoms with Crippen LogP contribution >= 0.6 is 11.3 Å². The topological polar surface area (TPSA) is 12.0 Å². The van der Waals surface area contributed by atoms with Crippen LogP contribution in [-0.2, 0) is 0 Å². The van der Waals surface area contributed by atoms with Crippen LogP contribution in [0.4, 0.5) is 0 Å². The molecule has 1 aromatic carbocycles. The maximum absolute atomic E-state index is 3.55. The van der Waals surface area contributed by atoms with Gasteiger partial charge in [0.1, 0.15) is 0 Å². The first-order chi connectivity index (χ1) is 8.84.